The van der Waals surface area contributed by atoms with Crippen molar-refractivity contribution in [2.45, 2.75) is 63.8 Å². The Morgan fingerprint density at radius 1 is 1.32 bits per heavy atom. The van der Waals surface area contributed by atoms with E-state index in [1.54, 1.807) is 4.90 Å². The lowest BCUT2D eigenvalue weighted by molar-refractivity contribution is -0.123. The number of piperidine rings is 1. The number of amides is 1. The molecular weight excluding hydrogens is 352 g/mol. The van der Waals surface area contributed by atoms with Crippen molar-refractivity contribution in [1.82, 2.24) is 14.7 Å². The normalized spacial score (nSPS) is 29.4. The molecule has 3 fully saturated rings. The summed E-state index contributed by atoms with van der Waals surface area (Å²) in [5, 5.41) is 0. The van der Waals surface area contributed by atoms with Crippen LogP contribution in [0.2, 0.25) is 0 Å². The van der Waals surface area contributed by atoms with Gasteiger partial charge in [0.15, 0.2) is 6.23 Å². The largest absolute Gasteiger partial charge is 0.400 e. The van der Waals surface area contributed by atoms with Crippen LogP contribution in [-0.2, 0) is 9.53 Å². The Morgan fingerprint density at radius 3 is 2.64 bits per heavy atom. The van der Waals surface area contributed by atoms with Crippen molar-refractivity contribution in [2.75, 3.05) is 27.2 Å². The summed E-state index contributed by atoms with van der Waals surface area (Å²) in [6.45, 7) is 4.42. The van der Waals surface area contributed by atoms with E-state index in [1.807, 2.05) is 38.3 Å². The van der Waals surface area contributed by atoms with Gasteiger partial charge in [0.25, 0.3) is 5.91 Å². The first-order chi connectivity index (χ1) is 13.5. The standard InChI is InChI=1S/C22H34N4O2/c1-4-17-18(14-25(3)22-20(28-22)19(17)23)21(27)24(2)11-8-15-9-12-26(13-10-15)16-6-5-7-16/h8,11,14-16,20,22H,4-7,9-10,12-13,23H2,1-3H3/b11-8+. The molecule has 0 bridgehead atoms. The topological polar surface area (TPSA) is 65.3 Å². The summed E-state index contributed by atoms with van der Waals surface area (Å²) in [6.07, 6.45) is 13.2. The monoisotopic (exact) mass is 386 g/mol. The molecule has 0 radical (unpaired) electrons. The van der Waals surface area contributed by atoms with Crippen LogP contribution in [0.15, 0.2) is 35.3 Å². The summed E-state index contributed by atoms with van der Waals surface area (Å²) in [7, 11) is 3.78. The molecule has 1 aliphatic carbocycles. The van der Waals surface area contributed by atoms with Gasteiger partial charge in [-0.05, 0) is 56.7 Å². The van der Waals surface area contributed by atoms with Crippen molar-refractivity contribution in [3.63, 3.8) is 0 Å². The Bertz CT molecular complexity index is 701. The first-order valence-corrected chi connectivity index (χ1v) is 10.8. The fourth-order valence-electron chi connectivity index (χ4n) is 4.64. The molecular formula is C22H34N4O2. The molecule has 2 saturated heterocycles. The van der Waals surface area contributed by atoms with E-state index in [9.17, 15) is 4.79 Å². The Morgan fingerprint density at radius 2 is 2.04 bits per heavy atom. The first-order valence-electron chi connectivity index (χ1n) is 10.8. The van der Waals surface area contributed by atoms with Gasteiger partial charge >= 0.3 is 0 Å². The number of likely N-dealkylation sites (tertiary alicyclic amines) is 1. The molecule has 4 aliphatic rings. The number of likely N-dealkylation sites (N-methyl/N-ethyl adjacent to an activating group) is 2. The van der Waals surface area contributed by atoms with Gasteiger partial charge in [0.05, 0.1) is 5.57 Å². The van der Waals surface area contributed by atoms with Gasteiger partial charge in [-0.1, -0.05) is 19.4 Å². The van der Waals surface area contributed by atoms with E-state index in [-0.39, 0.29) is 18.2 Å². The summed E-state index contributed by atoms with van der Waals surface area (Å²) in [6, 6.07) is 0.841. The maximum absolute atomic E-state index is 13.1. The lowest BCUT2D eigenvalue weighted by Crippen LogP contribution is -2.44. The fourth-order valence-corrected chi connectivity index (χ4v) is 4.64. The van der Waals surface area contributed by atoms with E-state index in [0.29, 0.717) is 17.2 Å². The highest BCUT2D eigenvalue weighted by Gasteiger charge is 2.47. The predicted octanol–water partition coefficient (Wildman–Crippen LogP) is 2.40. The number of nitrogens with two attached hydrogens (primary N) is 1. The fraction of sp³-hybridized carbons (Fsp3) is 0.682. The maximum atomic E-state index is 13.1. The quantitative estimate of drug-likeness (QED) is 0.735. The molecule has 0 aromatic heterocycles. The summed E-state index contributed by atoms with van der Waals surface area (Å²) in [4.78, 5) is 19.5. The van der Waals surface area contributed by atoms with E-state index in [4.69, 9.17) is 10.5 Å². The number of nitrogens with zero attached hydrogens (tertiary/aromatic N) is 3. The van der Waals surface area contributed by atoms with E-state index in [2.05, 4.69) is 11.0 Å². The van der Waals surface area contributed by atoms with Gasteiger partial charge in [-0.25, -0.2) is 0 Å². The summed E-state index contributed by atoms with van der Waals surface area (Å²) < 4.78 is 5.62. The molecule has 0 spiro atoms. The Kier molecular flexibility index (Phi) is 5.52. The second kappa shape index (κ2) is 7.91. The Labute approximate surface area is 168 Å². The molecule has 4 rings (SSSR count). The zero-order chi connectivity index (χ0) is 19.8. The van der Waals surface area contributed by atoms with Crippen molar-refractivity contribution in [2.24, 2.45) is 11.7 Å². The van der Waals surface area contributed by atoms with E-state index < -0.39 is 0 Å². The maximum Gasteiger partial charge on any atom is 0.259 e. The number of allylic oxidation sites excluding steroid dienone is 1. The second-order valence-electron chi connectivity index (χ2n) is 8.66. The molecule has 28 heavy (non-hydrogen) atoms. The van der Waals surface area contributed by atoms with Crippen LogP contribution in [0, 0.1) is 5.92 Å². The number of rotatable bonds is 5. The van der Waals surface area contributed by atoms with Crippen LogP contribution in [0.25, 0.3) is 0 Å². The molecule has 6 nitrogen and oxygen atoms in total. The zero-order valence-electron chi connectivity index (χ0n) is 17.4. The third kappa shape index (κ3) is 3.72. The van der Waals surface area contributed by atoms with Crippen molar-refractivity contribution >= 4 is 5.91 Å². The van der Waals surface area contributed by atoms with Gasteiger partial charge in [0.1, 0.15) is 6.10 Å². The molecule has 3 aliphatic heterocycles. The summed E-state index contributed by atoms with van der Waals surface area (Å²) in [5.74, 6) is 0.556. The van der Waals surface area contributed by atoms with Gasteiger partial charge in [-0.2, -0.15) is 0 Å². The van der Waals surface area contributed by atoms with Gasteiger partial charge in [0, 0.05) is 38.2 Å². The lowest BCUT2D eigenvalue weighted by atomic mass is 9.88. The number of fused-ring (bicyclic) bond motifs is 1. The highest BCUT2D eigenvalue weighted by atomic mass is 16.6. The minimum atomic E-state index is -0.0804. The molecule has 3 heterocycles. The average Bonchev–Trinajstić information content (AvgIpc) is 3.46. The van der Waals surface area contributed by atoms with E-state index >= 15 is 0 Å². The highest BCUT2D eigenvalue weighted by Crippen LogP contribution is 2.37. The molecule has 2 unspecified atom stereocenters. The molecule has 6 heteroatoms. The average molecular weight is 387 g/mol. The smallest absolute Gasteiger partial charge is 0.259 e. The van der Waals surface area contributed by atoms with Crippen LogP contribution in [0.4, 0.5) is 0 Å². The van der Waals surface area contributed by atoms with Crippen molar-refractivity contribution < 1.29 is 9.53 Å². The van der Waals surface area contributed by atoms with Crippen molar-refractivity contribution in [3.8, 4) is 0 Å². The minimum absolute atomic E-state index is 0.00361. The highest BCUT2D eigenvalue weighted by molar-refractivity contribution is 5.98. The molecule has 1 saturated carbocycles. The number of carbonyl (C=O) groups excluding carboxylic acids is 1. The minimum Gasteiger partial charge on any atom is -0.400 e. The number of hydrogen-bond acceptors (Lipinski definition) is 5. The van der Waals surface area contributed by atoms with Crippen LogP contribution in [-0.4, -0.2) is 66.2 Å². The Balaban J connectivity index is 1.38. The number of carbonyl (C=O) groups is 1. The van der Waals surface area contributed by atoms with Gasteiger partial charge in [0.2, 0.25) is 0 Å². The molecule has 0 aromatic rings. The Hall–Kier alpha value is -1.79. The van der Waals surface area contributed by atoms with Crippen LogP contribution in [0.5, 0.6) is 0 Å². The lowest BCUT2D eigenvalue weighted by Gasteiger charge is -2.41. The second-order valence-corrected chi connectivity index (χ2v) is 8.66. The molecule has 1 amide bonds. The van der Waals surface area contributed by atoms with Crippen LogP contribution < -0.4 is 5.73 Å². The third-order valence-electron chi connectivity index (χ3n) is 6.83. The summed E-state index contributed by atoms with van der Waals surface area (Å²) >= 11 is 0. The summed E-state index contributed by atoms with van der Waals surface area (Å²) in [5.41, 5.74) is 8.61. The third-order valence-corrected chi connectivity index (χ3v) is 6.83. The van der Waals surface area contributed by atoms with Crippen LogP contribution in [0.1, 0.15) is 45.4 Å². The van der Waals surface area contributed by atoms with E-state index in [1.165, 1.54) is 45.2 Å². The van der Waals surface area contributed by atoms with Gasteiger partial charge < -0.3 is 25.2 Å². The molecule has 2 atom stereocenters. The van der Waals surface area contributed by atoms with Crippen molar-refractivity contribution in [1.29, 1.82) is 0 Å². The number of hydrogen-bond donors (Lipinski definition) is 1. The van der Waals surface area contributed by atoms with E-state index in [0.717, 1.165) is 18.0 Å². The first kappa shape index (κ1) is 19.5. The van der Waals surface area contributed by atoms with Crippen molar-refractivity contribution in [3.05, 3.63) is 35.3 Å². The van der Waals surface area contributed by atoms with Crippen LogP contribution >= 0.6 is 0 Å². The molecule has 154 valence electrons. The van der Waals surface area contributed by atoms with Crippen LogP contribution in [0.3, 0.4) is 0 Å². The number of ether oxygens (including phenoxy) is 1. The number of epoxide rings is 1. The van der Waals surface area contributed by atoms with Gasteiger partial charge in [-0.3, -0.25) is 4.79 Å². The molecule has 0 aromatic carbocycles. The van der Waals surface area contributed by atoms with Gasteiger partial charge in [-0.15, -0.1) is 0 Å². The molecule has 2 N–H and O–H groups in total. The zero-order valence-corrected chi connectivity index (χ0v) is 17.4. The predicted molar refractivity (Wildman–Crippen MR) is 110 cm³/mol. The SMILES string of the molecule is CCC1=C(N)C2OC2N(C)C=C1C(=O)N(C)/C=C/C1CCN(C2CCC2)CC1.